The molecule has 0 radical (unpaired) electrons. The number of nitrogens with one attached hydrogen (secondary N) is 1. The van der Waals surface area contributed by atoms with Gasteiger partial charge in [-0.25, -0.2) is 0 Å². The molecule has 2 rings (SSSR count). The lowest BCUT2D eigenvalue weighted by molar-refractivity contribution is -0.122. The van der Waals surface area contributed by atoms with Gasteiger partial charge in [0.25, 0.3) is 0 Å². The maximum atomic E-state index is 12.1. The smallest absolute Gasteiger partial charge is 0.220 e. The summed E-state index contributed by atoms with van der Waals surface area (Å²) in [5.41, 5.74) is 6.96. The Morgan fingerprint density at radius 2 is 1.89 bits per heavy atom. The minimum atomic E-state index is 0.129. The molecule has 0 aliphatic heterocycles. The highest BCUT2D eigenvalue weighted by molar-refractivity contribution is 5.77. The fourth-order valence-electron chi connectivity index (χ4n) is 2.82. The lowest BCUT2D eigenvalue weighted by atomic mass is 9.93. The van der Waals surface area contributed by atoms with E-state index in [4.69, 9.17) is 5.73 Å². The molecule has 0 bridgehead atoms. The second-order valence-electron chi connectivity index (χ2n) is 5.45. The largest absolute Gasteiger partial charge is 0.353 e. The van der Waals surface area contributed by atoms with E-state index in [-0.39, 0.29) is 11.8 Å². The van der Waals surface area contributed by atoms with Crippen LogP contribution in [0.15, 0.2) is 30.3 Å². The lowest BCUT2D eigenvalue weighted by Crippen LogP contribution is -2.37. The normalized spacial score (nSPS) is 17.9. The molecule has 1 aromatic carbocycles. The van der Waals surface area contributed by atoms with E-state index in [0.717, 1.165) is 18.4 Å². The van der Waals surface area contributed by atoms with Crippen molar-refractivity contribution in [2.75, 3.05) is 6.54 Å². The number of hydrogen-bond acceptors (Lipinski definition) is 2. The van der Waals surface area contributed by atoms with Crippen LogP contribution in [0.25, 0.3) is 0 Å². The van der Waals surface area contributed by atoms with Gasteiger partial charge in [0, 0.05) is 18.4 Å². The van der Waals surface area contributed by atoms with E-state index in [9.17, 15) is 4.79 Å². The number of benzene rings is 1. The summed E-state index contributed by atoms with van der Waals surface area (Å²) in [7, 11) is 0. The summed E-state index contributed by atoms with van der Waals surface area (Å²) in [5.74, 6) is 0.274. The van der Waals surface area contributed by atoms with E-state index in [1.54, 1.807) is 0 Å². The van der Waals surface area contributed by atoms with Crippen molar-refractivity contribution in [3.8, 4) is 0 Å². The standard InChI is InChI=1S/C16H24N2O/c17-12-14(13-7-3-1-4-8-13)11-16(19)18-15-9-5-2-6-10-15/h1,3-4,7-8,14-15H,2,5-6,9-12,17H2,(H,18,19). The van der Waals surface area contributed by atoms with Crippen LogP contribution in [0.1, 0.15) is 50.0 Å². The van der Waals surface area contributed by atoms with Crippen molar-refractivity contribution in [1.29, 1.82) is 0 Å². The van der Waals surface area contributed by atoms with Gasteiger partial charge in [-0.15, -0.1) is 0 Å². The van der Waals surface area contributed by atoms with Crippen LogP contribution in [0.3, 0.4) is 0 Å². The van der Waals surface area contributed by atoms with Crippen molar-refractivity contribution >= 4 is 5.91 Å². The van der Waals surface area contributed by atoms with E-state index in [0.29, 0.717) is 19.0 Å². The van der Waals surface area contributed by atoms with Crippen LogP contribution in [-0.4, -0.2) is 18.5 Å². The molecule has 1 aromatic rings. The van der Waals surface area contributed by atoms with Crippen molar-refractivity contribution in [1.82, 2.24) is 5.32 Å². The van der Waals surface area contributed by atoms with Crippen molar-refractivity contribution in [3.63, 3.8) is 0 Å². The third-order valence-electron chi connectivity index (χ3n) is 3.96. The second-order valence-corrected chi connectivity index (χ2v) is 5.45. The zero-order valence-electron chi connectivity index (χ0n) is 11.5. The molecule has 1 aliphatic carbocycles. The van der Waals surface area contributed by atoms with Crippen LogP contribution < -0.4 is 11.1 Å². The monoisotopic (exact) mass is 260 g/mol. The Labute approximate surface area is 115 Å². The van der Waals surface area contributed by atoms with Gasteiger partial charge in [0.05, 0.1) is 0 Å². The first-order valence-electron chi connectivity index (χ1n) is 7.34. The number of rotatable bonds is 5. The van der Waals surface area contributed by atoms with Crippen LogP contribution in [-0.2, 0) is 4.79 Å². The predicted molar refractivity (Wildman–Crippen MR) is 77.9 cm³/mol. The Morgan fingerprint density at radius 3 is 2.53 bits per heavy atom. The first kappa shape index (κ1) is 14.1. The molecule has 3 heteroatoms. The first-order valence-corrected chi connectivity index (χ1v) is 7.34. The summed E-state index contributed by atoms with van der Waals surface area (Å²) < 4.78 is 0. The molecule has 0 spiro atoms. The zero-order valence-corrected chi connectivity index (χ0v) is 11.5. The van der Waals surface area contributed by atoms with Gasteiger partial charge in [-0.2, -0.15) is 0 Å². The quantitative estimate of drug-likeness (QED) is 0.855. The highest BCUT2D eigenvalue weighted by Gasteiger charge is 2.19. The Kier molecular flexibility index (Phi) is 5.40. The molecule has 1 aliphatic rings. The highest BCUT2D eigenvalue weighted by Crippen LogP contribution is 2.20. The number of nitrogens with two attached hydrogens (primary N) is 1. The molecular weight excluding hydrogens is 236 g/mol. The molecule has 1 amide bonds. The Balaban J connectivity index is 1.85. The third-order valence-corrected chi connectivity index (χ3v) is 3.96. The van der Waals surface area contributed by atoms with Crippen molar-refractivity contribution in [3.05, 3.63) is 35.9 Å². The van der Waals surface area contributed by atoms with Crippen molar-refractivity contribution in [2.24, 2.45) is 5.73 Å². The number of amides is 1. The predicted octanol–water partition coefficient (Wildman–Crippen LogP) is 2.57. The highest BCUT2D eigenvalue weighted by atomic mass is 16.1. The minimum absolute atomic E-state index is 0.129. The minimum Gasteiger partial charge on any atom is -0.353 e. The van der Waals surface area contributed by atoms with Crippen LogP contribution in [0.5, 0.6) is 0 Å². The average Bonchev–Trinajstić information content (AvgIpc) is 2.47. The van der Waals surface area contributed by atoms with Gasteiger partial charge in [0.2, 0.25) is 5.91 Å². The molecule has 1 saturated carbocycles. The van der Waals surface area contributed by atoms with Crippen molar-refractivity contribution < 1.29 is 4.79 Å². The Bertz CT molecular complexity index is 385. The maximum absolute atomic E-state index is 12.1. The average molecular weight is 260 g/mol. The third kappa shape index (κ3) is 4.35. The number of carbonyl (C=O) groups is 1. The SMILES string of the molecule is NCC(CC(=O)NC1CCCCC1)c1ccccc1. The molecule has 19 heavy (non-hydrogen) atoms. The molecule has 0 saturated heterocycles. The summed E-state index contributed by atoms with van der Waals surface area (Å²) >= 11 is 0. The van der Waals surface area contributed by atoms with Gasteiger partial charge < -0.3 is 11.1 Å². The fraction of sp³-hybridized carbons (Fsp3) is 0.562. The van der Waals surface area contributed by atoms with Gasteiger partial charge in [0.15, 0.2) is 0 Å². The van der Waals surface area contributed by atoms with E-state index < -0.39 is 0 Å². The first-order chi connectivity index (χ1) is 9.29. The topological polar surface area (TPSA) is 55.1 Å². The van der Waals surface area contributed by atoms with Crippen LogP contribution >= 0.6 is 0 Å². The molecule has 3 N–H and O–H groups in total. The van der Waals surface area contributed by atoms with E-state index >= 15 is 0 Å². The summed E-state index contributed by atoms with van der Waals surface area (Å²) in [4.78, 5) is 12.1. The van der Waals surface area contributed by atoms with E-state index in [1.165, 1.54) is 19.3 Å². The molecule has 0 heterocycles. The maximum Gasteiger partial charge on any atom is 0.220 e. The summed E-state index contributed by atoms with van der Waals surface area (Å²) in [6.45, 7) is 0.516. The van der Waals surface area contributed by atoms with Gasteiger partial charge >= 0.3 is 0 Å². The van der Waals surface area contributed by atoms with Crippen molar-refractivity contribution in [2.45, 2.75) is 50.5 Å². The van der Waals surface area contributed by atoms with E-state index in [1.807, 2.05) is 30.3 Å². The summed E-state index contributed by atoms with van der Waals surface area (Å²) in [6.07, 6.45) is 6.54. The molecule has 1 fully saturated rings. The van der Waals surface area contributed by atoms with Gasteiger partial charge in [-0.3, -0.25) is 4.79 Å². The lowest BCUT2D eigenvalue weighted by Gasteiger charge is -2.24. The molecular formula is C16H24N2O. The number of carbonyl (C=O) groups excluding carboxylic acids is 1. The molecule has 1 unspecified atom stereocenters. The summed E-state index contributed by atoms with van der Waals surface area (Å²) in [6, 6.07) is 10.5. The van der Waals surface area contributed by atoms with E-state index in [2.05, 4.69) is 5.32 Å². The summed E-state index contributed by atoms with van der Waals surface area (Å²) in [5, 5.41) is 3.16. The van der Waals surface area contributed by atoms with Crippen LogP contribution in [0.4, 0.5) is 0 Å². The number of hydrogen-bond donors (Lipinski definition) is 2. The fourth-order valence-corrected chi connectivity index (χ4v) is 2.82. The van der Waals surface area contributed by atoms with Crippen LogP contribution in [0.2, 0.25) is 0 Å². The Hall–Kier alpha value is -1.35. The zero-order chi connectivity index (χ0) is 13.5. The van der Waals surface area contributed by atoms with Gasteiger partial charge in [-0.05, 0) is 24.9 Å². The van der Waals surface area contributed by atoms with Crippen LogP contribution in [0, 0.1) is 0 Å². The molecule has 1 atom stereocenters. The Morgan fingerprint density at radius 1 is 1.21 bits per heavy atom. The molecule has 104 valence electrons. The molecule has 3 nitrogen and oxygen atoms in total. The van der Waals surface area contributed by atoms with Gasteiger partial charge in [0.1, 0.15) is 0 Å². The second kappa shape index (κ2) is 7.29. The van der Waals surface area contributed by atoms with Gasteiger partial charge in [-0.1, -0.05) is 49.6 Å². The molecule has 0 aromatic heterocycles.